The smallest absolute Gasteiger partial charge is 0.338 e. The van der Waals surface area contributed by atoms with Gasteiger partial charge in [-0.2, -0.15) is 5.26 Å². The Kier molecular flexibility index (Phi) is 3.55. The van der Waals surface area contributed by atoms with Crippen LogP contribution in [0.2, 0.25) is 0 Å². The monoisotopic (exact) mass is 316 g/mol. The van der Waals surface area contributed by atoms with Gasteiger partial charge in [-0.1, -0.05) is 18.2 Å². The van der Waals surface area contributed by atoms with Crippen LogP contribution < -0.4 is 0 Å². The molecule has 2 aromatic carbocycles. The maximum absolute atomic E-state index is 12.3. The number of esters is 1. The molecule has 1 aliphatic rings. The lowest BCUT2D eigenvalue weighted by Crippen LogP contribution is -2.25. The molecule has 1 aliphatic carbocycles. The van der Waals surface area contributed by atoms with Gasteiger partial charge in [0.25, 0.3) is 0 Å². The number of nitriles is 1. The minimum atomic E-state index is -0.276. The number of nitrogens with one attached hydrogen (secondary N) is 1. The summed E-state index contributed by atoms with van der Waals surface area (Å²) < 4.78 is 5.69. The fourth-order valence-corrected chi connectivity index (χ4v) is 3.35. The molecule has 0 saturated carbocycles. The highest BCUT2D eigenvalue weighted by Crippen LogP contribution is 2.31. The first-order valence-corrected chi connectivity index (χ1v) is 8.04. The normalized spacial score (nSPS) is 16.4. The molecule has 4 heteroatoms. The second-order valence-electron chi connectivity index (χ2n) is 6.09. The Hall–Kier alpha value is -3.06. The number of aryl methyl sites for hydroxylation is 1. The molecule has 4 nitrogen and oxygen atoms in total. The summed E-state index contributed by atoms with van der Waals surface area (Å²) in [6.07, 6.45) is 2.21. The molecule has 1 heterocycles. The van der Waals surface area contributed by atoms with Crippen LogP contribution in [0, 0.1) is 11.3 Å². The van der Waals surface area contributed by atoms with Gasteiger partial charge >= 0.3 is 5.97 Å². The lowest BCUT2D eigenvalue weighted by Gasteiger charge is -2.22. The van der Waals surface area contributed by atoms with Gasteiger partial charge in [-0.3, -0.25) is 0 Å². The number of carbonyl (C=O) groups is 1. The Bertz CT molecular complexity index is 951. The molecule has 1 unspecified atom stereocenters. The van der Waals surface area contributed by atoms with Gasteiger partial charge in [0, 0.05) is 23.0 Å². The number of carbonyl (C=O) groups excluding carboxylic acids is 1. The predicted octanol–water partition coefficient (Wildman–Crippen LogP) is 3.75. The molecule has 1 aromatic heterocycles. The summed E-state index contributed by atoms with van der Waals surface area (Å²) in [5.41, 5.74) is 4.61. The van der Waals surface area contributed by atoms with Crippen molar-refractivity contribution < 1.29 is 9.53 Å². The van der Waals surface area contributed by atoms with Crippen LogP contribution in [0.4, 0.5) is 0 Å². The van der Waals surface area contributed by atoms with Crippen LogP contribution in [0.5, 0.6) is 0 Å². The second kappa shape index (κ2) is 5.86. The van der Waals surface area contributed by atoms with Crippen LogP contribution in [-0.2, 0) is 17.6 Å². The molecule has 0 bridgehead atoms. The second-order valence-corrected chi connectivity index (χ2v) is 6.09. The summed E-state index contributed by atoms with van der Waals surface area (Å²) >= 11 is 0. The number of ether oxygens (including phenoxy) is 1. The third kappa shape index (κ3) is 2.55. The van der Waals surface area contributed by atoms with Crippen LogP contribution >= 0.6 is 0 Å². The van der Waals surface area contributed by atoms with Gasteiger partial charge in [-0.25, -0.2) is 4.79 Å². The van der Waals surface area contributed by atoms with Crippen LogP contribution in [0.3, 0.4) is 0 Å². The van der Waals surface area contributed by atoms with E-state index in [-0.39, 0.29) is 12.1 Å². The van der Waals surface area contributed by atoms with Gasteiger partial charge in [0.2, 0.25) is 0 Å². The Morgan fingerprint density at radius 2 is 2.04 bits per heavy atom. The molecule has 3 aromatic rings. The lowest BCUT2D eigenvalue weighted by molar-refractivity contribution is 0.0271. The SMILES string of the molecule is N#Cc1ccc2[nH]c3c(c2c1)CC(OC(=O)c1ccccc1)CC3. The van der Waals surface area contributed by atoms with Crippen molar-refractivity contribution >= 4 is 16.9 Å². The molecule has 0 amide bonds. The van der Waals surface area contributed by atoms with Crippen molar-refractivity contribution in [3.63, 3.8) is 0 Å². The summed E-state index contributed by atoms with van der Waals surface area (Å²) in [6.45, 7) is 0. The fraction of sp³-hybridized carbons (Fsp3) is 0.200. The summed E-state index contributed by atoms with van der Waals surface area (Å²) in [4.78, 5) is 15.7. The Balaban J connectivity index is 1.59. The third-order valence-electron chi connectivity index (χ3n) is 4.55. The zero-order valence-corrected chi connectivity index (χ0v) is 13.1. The minimum Gasteiger partial charge on any atom is -0.458 e. The van der Waals surface area contributed by atoms with Gasteiger partial charge in [0.15, 0.2) is 0 Å². The van der Waals surface area contributed by atoms with E-state index in [2.05, 4.69) is 11.1 Å². The van der Waals surface area contributed by atoms with Gasteiger partial charge in [0.05, 0.1) is 17.2 Å². The highest BCUT2D eigenvalue weighted by Gasteiger charge is 2.25. The quantitative estimate of drug-likeness (QED) is 0.732. The van der Waals surface area contributed by atoms with E-state index in [1.807, 2.05) is 36.4 Å². The average molecular weight is 316 g/mol. The molecular formula is C20H16N2O2. The van der Waals surface area contributed by atoms with Crippen molar-refractivity contribution in [1.29, 1.82) is 5.26 Å². The molecule has 0 radical (unpaired) electrons. The van der Waals surface area contributed by atoms with E-state index in [4.69, 9.17) is 10.00 Å². The van der Waals surface area contributed by atoms with Gasteiger partial charge in [-0.15, -0.1) is 0 Å². The zero-order valence-electron chi connectivity index (χ0n) is 13.1. The molecule has 0 spiro atoms. The van der Waals surface area contributed by atoms with Crippen molar-refractivity contribution in [1.82, 2.24) is 4.98 Å². The van der Waals surface area contributed by atoms with Crippen molar-refractivity contribution in [2.24, 2.45) is 0 Å². The summed E-state index contributed by atoms with van der Waals surface area (Å²) in [6, 6.07) is 16.9. The van der Waals surface area contributed by atoms with E-state index in [1.54, 1.807) is 12.1 Å². The maximum Gasteiger partial charge on any atom is 0.338 e. The average Bonchev–Trinajstić information content (AvgIpc) is 2.99. The predicted molar refractivity (Wildman–Crippen MR) is 90.7 cm³/mol. The van der Waals surface area contributed by atoms with Gasteiger partial charge in [-0.05, 0) is 48.7 Å². The van der Waals surface area contributed by atoms with E-state index in [1.165, 1.54) is 11.3 Å². The third-order valence-corrected chi connectivity index (χ3v) is 4.55. The number of hydrogen-bond acceptors (Lipinski definition) is 3. The number of benzene rings is 2. The summed E-state index contributed by atoms with van der Waals surface area (Å²) in [5.74, 6) is -0.276. The van der Waals surface area contributed by atoms with Crippen molar-refractivity contribution in [3.8, 4) is 6.07 Å². The highest BCUT2D eigenvalue weighted by atomic mass is 16.5. The molecule has 1 atom stereocenters. The molecule has 1 N–H and O–H groups in total. The number of nitrogens with zero attached hydrogens (tertiary/aromatic N) is 1. The molecular weight excluding hydrogens is 300 g/mol. The zero-order chi connectivity index (χ0) is 16.5. The maximum atomic E-state index is 12.3. The molecule has 0 aliphatic heterocycles. The number of rotatable bonds is 2. The largest absolute Gasteiger partial charge is 0.458 e. The van der Waals surface area contributed by atoms with Gasteiger partial charge < -0.3 is 9.72 Å². The summed E-state index contributed by atoms with van der Waals surface area (Å²) in [5, 5.41) is 10.2. The highest BCUT2D eigenvalue weighted by molar-refractivity contribution is 5.90. The molecule has 0 saturated heterocycles. The van der Waals surface area contributed by atoms with Crippen LogP contribution in [0.1, 0.15) is 33.6 Å². The summed E-state index contributed by atoms with van der Waals surface area (Å²) in [7, 11) is 0. The molecule has 118 valence electrons. The number of aromatic nitrogens is 1. The Morgan fingerprint density at radius 1 is 1.21 bits per heavy atom. The number of hydrogen-bond donors (Lipinski definition) is 1. The first-order valence-electron chi connectivity index (χ1n) is 8.04. The van der Waals surface area contributed by atoms with E-state index >= 15 is 0 Å². The first kappa shape index (κ1) is 14.5. The number of aromatic amines is 1. The number of fused-ring (bicyclic) bond motifs is 3. The van der Waals surface area contributed by atoms with Crippen LogP contribution in [0.25, 0.3) is 10.9 Å². The molecule has 24 heavy (non-hydrogen) atoms. The van der Waals surface area contributed by atoms with E-state index in [0.717, 1.165) is 23.7 Å². The van der Waals surface area contributed by atoms with Crippen LogP contribution in [0.15, 0.2) is 48.5 Å². The Labute approximate surface area is 139 Å². The van der Waals surface area contributed by atoms with Crippen LogP contribution in [-0.4, -0.2) is 17.1 Å². The van der Waals surface area contributed by atoms with Crippen molar-refractivity contribution in [2.75, 3.05) is 0 Å². The standard InChI is InChI=1S/C20H16N2O2/c21-12-13-6-8-18-16(10-13)17-11-15(7-9-19(17)22-18)24-20(23)14-4-2-1-3-5-14/h1-6,8,10,15,22H,7,9,11H2. The van der Waals surface area contributed by atoms with Gasteiger partial charge in [0.1, 0.15) is 6.10 Å². The van der Waals surface area contributed by atoms with Crippen molar-refractivity contribution in [3.05, 3.63) is 70.9 Å². The fourth-order valence-electron chi connectivity index (χ4n) is 3.35. The van der Waals surface area contributed by atoms with Crippen molar-refractivity contribution in [2.45, 2.75) is 25.4 Å². The molecule has 4 rings (SSSR count). The lowest BCUT2D eigenvalue weighted by atomic mass is 9.93. The number of H-pyrrole nitrogens is 1. The first-order chi connectivity index (χ1) is 11.7. The minimum absolute atomic E-state index is 0.130. The molecule has 0 fully saturated rings. The topological polar surface area (TPSA) is 65.9 Å². The van der Waals surface area contributed by atoms with E-state index < -0.39 is 0 Å². The van der Waals surface area contributed by atoms with E-state index in [0.29, 0.717) is 17.5 Å². The Morgan fingerprint density at radius 3 is 2.83 bits per heavy atom. The van der Waals surface area contributed by atoms with E-state index in [9.17, 15) is 4.79 Å².